The van der Waals surface area contributed by atoms with Gasteiger partial charge in [-0.25, -0.2) is 0 Å². The Hall–Kier alpha value is -2.14. The molecule has 0 radical (unpaired) electrons. The van der Waals surface area contributed by atoms with Gasteiger partial charge >= 0.3 is 0 Å². The third-order valence-electron chi connectivity index (χ3n) is 3.65. The summed E-state index contributed by atoms with van der Waals surface area (Å²) in [4.78, 5) is 19.3. The van der Waals surface area contributed by atoms with E-state index in [0.717, 1.165) is 37.9 Å². The highest BCUT2D eigenvalue weighted by Gasteiger charge is 2.07. The Morgan fingerprint density at radius 1 is 1.23 bits per heavy atom. The molecule has 0 fully saturated rings. The predicted molar refractivity (Wildman–Crippen MR) is 93.3 cm³/mol. The average molecular weight is 358 g/mol. The van der Waals surface area contributed by atoms with E-state index in [2.05, 4.69) is 31.2 Å². The van der Waals surface area contributed by atoms with Crippen molar-refractivity contribution in [2.45, 2.75) is 20.4 Å². The van der Waals surface area contributed by atoms with Crippen LogP contribution in [0, 0.1) is 13.8 Å². The van der Waals surface area contributed by atoms with Gasteiger partial charge in [0, 0.05) is 39.5 Å². The minimum Gasteiger partial charge on any atom is -0.380 e. The number of nitrogens with one attached hydrogen (secondary N) is 2. The fourth-order valence-corrected chi connectivity index (χ4v) is 2.91. The first-order valence-corrected chi connectivity index (χ1v) is 7.81. The summed E-state index contributed by atoms with van der Waals surface area (Å²) in [5.74, 6) is 0. The number of hydrogen-bond donors (Lipinski definition) is 2. The standard InChI is InChI=1S/C17H16BrN3O/c1-10-7-11(2)21-17(22)14(10)9-20-15-5-6-19-16-8-12(18)3-4-13(15)16/h3-8H,9H2,1-2H3,(H,19,20)(H,21,22). The number of benzene rings is 1. The van der Waals surface area contributed by atoms with Crippen molar-refractivity contribution in [3.05, 3.63) is 68.2 Å². The monoisotopic (exact) mass is 357 g/mol. The van der Waals surface area contributed by atoms with E-state index >= 15 is 0 Å². The van der Waals surface area contributed by atoms with Gasteiger partial charge in [0.05, 0.1) is 5.52 Å². The lowest BCUT2D eigenvalue weighted by Crippen LogP contribution is -2.18. The fraction of sp³-hybridized carbons (Fsp3) is 0.176. The van der Waals surface area contributed by atoms with Crippen LogP contribution in [0.15, 0.2) is 45.8 Å². The maximum Gasteiger partial charge on any atom is 0.253 e. The van der Waals surface area contributed by atoms with Gasteiger partial charge in [-0.3, -0.25) is 9.78 Å². The lowest BCUT2D eigenvalue weighted by atomic mass is 10.1. The van der Waals surface area contributed by atoms with Crippen LogP contribution in [0.3, 0.4) is 0 Å². The molecule has 4 nitrogen and oxygen atoms in total. The van der Waals surface area contributed by atoms with Gasteiger partial charge in [-0.1, -0.05) is 15.9 Å². The number of halogens is 1. The molecule has 0 saturated carbocycles. The van der Waals surface area contributed by atoms with Crippen molar-refractivity contribution >= 4 is 32.5 Å². The Morgan fingerprint density at radius 2 is 2.05 bits per heavy atom. The van der Waals surface area contributed by atoms with E-state index in [1.165, 1.54) is 0 Å². The Bertz CT molecular complexity index is 902. The zero-order chi connectivity index (χ0) is 15.7. The third kappa shape index (κ3) is 2.90. The van der Waals surface area contributed by atoms with Gasteiger partial charge in [-0.05, 0) is 49.7 Å². The lowest BCUT2D eigenvalue weighted by Gasteiger charge is -2.11. The van der Waals surface area contributed by atoms with E-state index in [4.69, 9.17) is 0 Å². The van der Waals surface area contributed by atoms with E-state index < -0.39 is 0 Å². The van der Waals surface area contributed by atoms with Crippen LogP contribution in [0.1, 0.15) is 16.8 Å². The molecule has 0 unspecified atom stereocenters. The number of fused-ring (bicyclic) bond motifs is 1. The van der Waals surface area contributed by atoms with Crippen LogP contribution in [0.4, 0.5) is 5.69 Å². The third-order valence-corrected chi connectivity index (χ3v) is 4.15. The van der Waals surface area contributed by atoms with Crippen molar-refractivity contribution < 1.29 is 0 Å². The second-order valence-electron chi connectivity index (χ2n) is 5.32. The minimum absolute atomic E-state index is 0.0360. The zero-order valence-corrected chi connectivity index (χ0v) is 14.0. The van der Waals surface area contributed by atoms with Gasteiger partial charge in [-0.15, -0.1) is 0 Å². The largest absolute Gasteiger partial charge is 0.380 e. The number of aromatic amines is 1. The van der Waals surface area contributed by atoms with Crippen molar-refractivity contribution in [2.24, 2.45) is 0 Å². The van der Waals surface area contributed by atoms with E-state index in [1.54, 1.807) is 6.20 Å². The van der Waals surface area contributed by atoms with Crippen LogP contribution in [0.25, 0.3) is 10.9 Å². The fourth-order valence-electron chi connectivity index (χ4n) is 2.56. The summed E-state index contributed by atoms with van der Waals surface area (Å²) in [6.07, 6.45) is 1.77. The first-order chi connectivity index (χ1) is 10.5. The van der Waals surface area contributed by atoms with E-state index in [9.17, 15) is 4.79 Å². The summed E-state index contributed by atoms with van der Waals surface area (Å²) in [5, 5.41) is 4.38. The van der Waals surface area contributed by atoms with Crippen molar-refractivity contribution in [3.63, 3.8) is 0 Å². The number of pyridine rings is 2. The SMILES string of the molecule is Cc1cc(C)c(CNc2ccnc3cc(Br)ccc23)c(=O)[nH]1. The normalized spacial score (nSPS) is 10.9. The van der Waals surface area contributed by atoms with Crippen LogP contribution in [-0.2, 0) is 6.54 Å². The van der Waals surface area contributed by atoms with E-state index in [0.29, 0.717) is 6.54 Å². The molecule has 2 N–H and O–H groups in total. The van der Waals surface area contributed by atoms with Crippen LogP contribution < -0.4 is 10.9 Å². The summed E-state index contributed by atoms with van der Waals surface area (Å²) in [7, 11) is 0. The molecule has 0 atom stereocenters. The van der Waals surface area contributed by atoms with Gasteiger partial charge < -0.3 is 10.3 Å². The van der Waals surface area contributed by atoms with Gasteiger partial charge in [-0.2, -0.15) is 0 Å². The van der Waals surface area contributed by atoms with Crippen molar-refractivity contribution in [3.8, 4) is 0 Å². The summed E-state index contributed by atoms with van der Waals surface area (Å²) in [6.45, 7) is 4.33. The summed E-state index contributed by atoms with van der Waals surface area (Å²) in [5.41, 5.74) is 4.48. The van der Waals surface area contributed by atoms with Crippen LogP contribution >= 0.6 is 15.9 Å². The molecule has 2 aromatic heterocycles. The molecule has 1 aromatic carbocycles. The molecular weight excluding hydrogens is 342 g/mol. The second-order valence-corrected chi connectivity index (χ2v) is 6.23. The van der Waals surface area contributed by atoms with Crippen molar-refractivity contribution in [1.82, 2.24) is 9.97 Å². The molecule has 22 heavy (non-hydrogen) atoms. The Balaban J connectivity index is 1.94. The molecule has 0 aliphatic carbocycles. The smallest absolute Gasteiger partial charge is 0.253 e. The first-order valence-electron chi connectivity index (χ1n) is 7.02. The number of aryl methyl sites for hydroxylation is 2. The Labute approximate surface area is 136 Å². The molecule has 0 aliphatic rings. The molecule has 3 rings (SSSR count). The van der Waals surface area contributed by atoms with Crippen molar-refractivity contribution in [1.29, 1.82) is 0 Å². The second kappa shape index (κ2) is 5.93. The maximum absolute atomic E-state index is 12.1. The molecular formula is C17H16BrN3O. The number of aromatic nitrogens is 2. The Morgan fingerprint density at radius 3 is 2.82 bits per heavy atom. The van der Waals surface area contributed by atoms with E-state index in [1.807, 2.05) is 44.2 Å². The molecule has 112 valence electrons. The zero-order valence-electron chi connectivity index (χ0n) is 12.4. The molecule has 3 aromatic rings. The maximum atomic E-state index is 12.1. The highest BCUT2D eigenvalue weighted by molar-refractivity contribution is 9.10. The summed E-state index contributed by atoms with van der Waals surface area (Å²) in [6, 6.07) is 9.89. The lowest BCUT2D eigenvalue weighted by molar-refractivity contribution is 1.01. The van der Waals surface area contributed by atoms with Crippen LogP contribution in [-0.4, -0.2) is 9.97 Å². The van der Waals surface area contributed by atoms with Gasteiger partial charge in [0.1, 0.15) is 0 Å². The molecule has 2 heterocycles. The highest BCUT2D eigenvalue weighted by Crippen LogP contribution is 2.25. The topological polar surface area (TPSA) is 57.8 Å². The summed E-state index contributed by atoms with van der Waals surface area (Å²) >= 11 is 3.45. The quantitative estimate of drug-likeness (QED) is 0.746. The molecule has 0 bridgehead atoms. The number of hydrogen-bond acceptors (Lipinski definition) is 3. The molecule has 5 heteroatoms. The van der Waals surface area contributed by atoms with Gasteiger partial charge in [0.15, 0.2) is 0 Å². The molecule has 0 aliphatic heterocycles. The number of anilines is 1. The highest BCUT2D eigenvalue weighted by atomic mass is 79.9. The predicted octanol–water partition coefficient (Wildman–Crippen LogP) is 3.91. The first kappa shape index (κ1) is 14.8. The molecule has 0 amide bonds. The van der Waals surface area contributed by atoms with Crippen LogP contribution in [0.5, 0.6) is 0 Å². The molecule has 0 saturated heterocycles. The summed E-state index contributed by atoms with van der Waals surface area (Å²) < 4.78 is 0.996. The van der Waals surface area contributed by atoms with Crippen LogP contribution in [0.2, 0.25) is 0 Å². The Kier molecular flexibility index (Phi) is 3.98. The van der Waals surface area contributed by atoms with Gasteiger partial charge in [0.2, 0.25) is 0 Å². The van der Waals surface area contributed by atoms with Crippen molar-refractivity contribution in [2.75, 3.05) is 5.32 Å². The average Bonchev–Trinajstić information content (AvgIpc) is 2.45. The minimum atomic E-state index is -0.0360. The van der Waals surface area contributed by atoms with E-state index in [-0.39, 0.29) is 5.56 Å². The molecule has 0 spiro atoms. The number of rotatable bonds is 3. The number of nitrogens with zero attached hydrogens (tertiary/aromatic N) is 1. The van der Waals surface area contributed by atoms with Gasteiger partial charge in [0.25, 0.3) is 5.56 Å². The number of H-pyrrole nitrogens is 1.